The van der Waals surface area contributed by atoms with Gasteiger partial charge in [-0.05, 0) is 7.05 Å². The third-order valence-corrected chi connectivity index (χ3v) is 1.16. The summed E-state index contributed by atoms with van der Waals surface area (Å²) < 4.78 is 10.4. The summed E-state index contributed by atoms with van der Waals surface area (Å²) in [7, 11) is 1.91. The van der Waals surface area contributed by atoms with Gasteiger partial charge in [-0.15, -0.1) is 0 Å². The van der Waals surface area contributed by atoms with Crippen molar-refractivity contribution in [3.63, 3.8) is 0 Å². The Kier molecular flexibility index (Phi) is 9.70. The Hall–Kier alpha value is -0.160. The Morgan fingerprint density at radius 2 is 1.73 bits per heavy atom. The van der Waals surface area contributed by atoms with Crippen molar-refractivity contribution in [2.75, 3.05) is 46.6 Å². The molecule has 0 aromatic carbocycles. The van der Waals surface area contributed by atoms with Crippen LogP contribution in [0.4, 0.5) is 0 Å². The molecule has 0 unspecified atom stereocenters. The van der Waals surface area contributed by atoms with Gasteiger partial charge in [-0.1, -0.05) is 0 Å². The smallest absolute Gasteiger partial charge is 0.0977 e. The molecule has 4 N–H and O–H groups in total. The van der Waals surface area contributed by atoms with Crippen LogP contribution in [0.1, 0.15) is 0 Å². The lowest BCUT2D eigenvalue weighted by atomic mass is 10.6. The van der Waals surface area contributed by atoms with E-state index in [0.717, 1.165) is 26.3 Å². The van der Waals surface area contributed by atoms with E-state index >= 15 is 0 Å². The number of ether oxygens (including phenoxy) is 2. The Morgan fingerprint density at radius 1 is 1.09 bits per heavy atom. The molecule has 0 atom stereocenters. The molecule has 0 saturated carbocycles. The summed E-state index contributed by atoms with van der Waals surface area (Å²) in [6.45, 7) is 4.58. The Labute approximate surface area is 68.0 Å². The number of hydrogen-bond donors (Lipinski definition) is 2. The lowest BCUT2D eigenvalue weighted by Crippen LogP contribution is -2.52. The van der Waals surface area contributed by atoms with Gasteiger partial charge in [-0.3, -0.25) is 0 Å². The molecule has 0 aromatic heterocycles. The minimum absolute atomic E-state index is 0.680. The van der Waals surface area contributed by atoms with Gasteiger partial charge in [0.1, 0.15) is 0 Å². The maximum Gasteiger partial charge on any atom is 0.0977 e. The molecule has 0 amide bonds. The zero-order valence-electron chi connectivity index (χ0n) is 7.27. The van der Waals surface area contributed by atoms with E-state index in [2.05, 4.69) is 11.1 Å². The molecule has 0 saturated heterocycles. The molecule has 0 bridgehead atoms. The van der Waals surface area contributed by atoms with E-state index in [1.54, 1.807) is 0 Å². The highest BCUT2D eigenvalue weighted by atomic mass is 16.5. The van der Waals surface area contributed by atoms with Gasteiger partial charge in [-0.25, -0.2) is 0 Å². The van der Waals surface area contributed by atoms with Gasteiger partial charge in [0.25, 0.3) is 0 Å². The lowest BCUT2D eigenvalue weighted by molar-refractivity contribution is -0.374. The van der Waals surface area contributed by atoms with Gasteiger partial charge in [0.2, 0.25) is 0 Å². The topological polar surface area (TPSA) is 58.1 Å². The number of rotatable bonds is 8. The molecule has 0 aliphatic heterocycles. The van der Waals surface area contributed by atoms with Crippen LogP contribution in [-0.2, 0) is 9.47 Å². The van der Waals surface area contributed by atoms with Gasteiger partial charge in [0.05, 0.1) is 33.0 Å². The Bertz CT molecular complexity index is 63.5. The quantitative estimate of drug-likeness (QED) is 0.427. The van der Waals surface area contributed by atoms with Crippen molar-refractivity contribution in [3.05, 3.63) is 0 Å². The predicted octanol–water partition coefficient (Wildman–Crippen LogP) is -1.52. The SMILES string of the molecule is CNCCOCCOCC[NH3+]. The molecule has 4 nitrogen and oxygen atoms in total. The van der Waals surface area contributed by atoms with Crippen LogP contribution in [0.5, 0.6) is 0 Å². The highest BCUT2D eigenvalue weighted by molar-refractivity contribution is 4.35. The fraction of sp³-hybridized carbons (Fsp3) is 1.00. The van der Waals surface area contributed by atoms with E-state index in [9.17, 15) is 0 Å². The van der Waals surface area contributed by atoms with Crippen LogP contribution in [0.3, 0.4) is 0 Å². The number of nitrogens with one attached hydrogen (secondary N) is 1. The van der Waals surface area contributed by atoms with Crippen molar-refractivity contribution in [2.45, 2.75) is 0 Å². The maximum absolute atomic E-state index is 5.21. The molecule has 68 valence electrons. The largest absolute Gasteiger partial charge is 0.378 e. The summed E-state index contributed by atoms with van der Waals surface area (Å²) >= 11 is 0. The third-order valence-electron chi connectivity index (χ3n) is 1.16. The zero-order chi connectivity index (χ0) is 8.36. The average Bonchev–Trinajstić information content (AvgIpc) is 2.03. The second-order valence-corrected chi connectivity index (χ2v) is 2.18. The molecule has 0 aliphatic rings. The van der Waals surface area contributed by atoms with E-state index in [1.807, 2.05) is 7.05 Å². The van der Waals surface area contributed by atoms with Crippen molar-refractivity contribution < 1.29 is 15.2 Å². The van der Waals surface area contributed by atoms with Crippen molar-refractivity contribution in [1.82, 2.24) is 5.32 Å². The number of hydrogen-bond acceptors (Lipinski definition) is 3. The molecule has 0 aromatic rings. The van der Waals surface area contributed by atoms with Crippen molar-refractivity contribution in [1.29, 1.82) is 0 Å². The zero-order valence-corrected chi connectivity index (χ0v) is 7.27. The highest BCUT2D eigenvalue weighted by Gasteiger charge is 1.87. The molecular formula is C7H19N2O2+. The summed E-state index contributed by atoms with van der Waals surface area (Å²) in [5, 5.41) is 2.99. The van der Waals surface area contributed by atoms with Gasteiger partial charge >= 0.3 is 0 Å². The van der Waals surface area contributed by atoms with Gasteiger partial charge < -0.3 is 20.5 Å². The molecule has 0 aliphatic carbocycles. The molecule has 0 fully saturated rings. The van der Waals surface area contributed by atoms with E-state index in [1.165, 1.54) is 0 Å². The summed E-state index contributed by atoms with van der Waals surface area (Å²) in [5.41, 5.74) is 3.66. The van der Waals surface area contributed by atoms with Crippen LogP contribution >= 0.6 is 0 Å². The number of likely N-dealkylation sites (N-methyl/N-ethyl adjacent to an activating group) is 1. The van der Waals surface area contributed by atoms with Crippen LogP contribution in [0.15, 0.2) is 0 Å². The fourth-order valence-corrected chi connectivity index (χ4v) is 0.598. The van der Waals surface area contributed by atoms with Crippen LogP contribution in [0.25, 0.3) is 0 Å². The monoisotopic (exact) mass is 163 g/mol. The summed E-state index contributed by atoms with van der Waals surface area (Å²) in [4.78, 5) is 0. The van der Waals surface area contributed by atoms with Crippen LogP contribution in [-0.4, -0.2) is 46.6 Å². The van der Waals surface area contributed by atoms with Gasteiger partial charge in [-0.2, -0.15) is 0 Å². The predicted molar refractivity (Wildman–Crippen MR) is 43.3 cm³/mol. The first kappa shape index (κ1) is 10.8. The minimum Gasteiger partial charge on any atom is -0.378 e. The third kappa shape index (κ3) is 9.84. The molecule has 4 heteroatoms. The van der Waals surface area contributed by atoms with E-state index in [-0.39, 0.29) is 0 Å². The Balaban J connectivity index is 2.69. The molecular weight excluding hydrogens is 144 g/mol. The van der Waals surface area contributed by atoms with Crippen molar-refractivity contribution >= 4 is 0 Å². The summed E-state index contributed by atoms with van der Waals surface area (Å²) in [6.07, 6.45) is 0. The summed E-state index contributed by atoms with van der Waals surface area (Å²) in [5.74, 6) is 0. The van der Waals surface area contributed by atoms with E-state index in [0.29, 0.717) is 13.2 Å². The first-order valence-corrected chi connectivity index (χ1v) is 4.01. The highest BCUT2D eigenvalue weighted by Crippen LogP contribution is 1.75. The van der Waals surface area contributed by atoms with Gasteiger partial charge in [0.15, 0.2) is 0 Å². The second kappa shape index (κ2) is 9.84. The van der Waals surface area contributed by atoms with Crippen LogP contribution in [0, 0.1) is 0 Å². The Morgan fingerprint density at radius 3 is 2.27 bits per heavy atom. The normalized spacial score (nSPS) is 10.4. The van der Waals surface area contributed by atoms with Crippen molar-refractivity contribution in [3.8, 4) is 0 Å². The first-order chi connectivity index (χ1) is 5.41. The van der Waals surface area contributed by atoms with E-state index in [4.69, 9.17) is 9.47 Å². The lowest BCUT2D eigenvalue weighted by Gasteiger charge is -2.03. The molecule has 0 heterocycles. The summed E-state index contributed by atoms with van der Waals surface area (Å²) in [6, 6.07) is 0. The molecule has 0 spiro atoms. The molecule has 11 heavy (non-hydrogen) atoms. The van der Waals surface area contributed by atoms with Gasteiger partial charge in [0, 0.05) is 6.54 Å². The first-order valence-electron chi connectivity index (χ1n) is 4.01. The standard InChI is InChI=1S/C7H18N2O2/c1-9-3-5-11-7-6-10-4-2-8/h9H,2-8H2,1H3/p+1. The van der Waals surface area contributed by atoms with E-state index < -0.39 is 0 Å². The fourth-order valence-electron chi connectivity index (χ4n) is 0.598. The average molecular weight is 163 g/mol. The minimum atomic E-state index is 0.680. The van der Waals surface area contributed by atoms with Crippen LogP contribution in [0.2, 0.25) is 0 Å². The molecule has 0 radical (unpaired) electrons. The maximum atomic E-state index is 5.21. The van der Waals surface area contributed by atoms with Crippen molar-refractivity contribution in [2.24, 2.45) is 0 Å². The number of quaternary nitrogens is 1. The second-order valence-electron chi connectivity index (χ2n) is 2.18. The molecule has 0 rings (SSSR count). The van der Waals surface area contributed by atoms with Crippen LogP contribution < -0.4 is 11.1 Å².